The van der Waals surface area contributed by atoms with Crippen molar-refractivity contribution >= 4 is 35.4 Å². The molecule has 1 amide bonds. The molecule has 1 heterocycles. The van der Waals surface area contributed by atoms with Gasteiger partial charge in [0.25, 0.3) is 5.25 Å². The summed E-state index contributed by atoms with van der Waals surface area (Å²) in [6, 6.07) is -1.45. The van der Waals surface area contributed by atoms with Crippen LogP contribution in [0.15, 0.2) is 0 Å². The van der Waals surface area contributed by atoms with Crippen molar-refractivity contribution in [3.63, 3.8) is 0 Å². The van der Waals surface area contributed by atoms with Crippen LogP contribution < -0.4 is 5.32 Å². The molecule has 0 radical (unpaired) electrons. The van der Waals surface area contributed by atoms with Crippen LogP contribution in [0, 0.1) is 0 Å². The second kappa shape index (κ2) is 8.45. The second-order valence-corrected chi connectivity index (χ2v) is 5.94. The number of carbonyl (C=O) groups is 4. The summed E-state index contributed by atoms with van der Waals surface area (Å²) in [5, 5.41) is 10.1. The Morgan fingerprint density at radius 2 is 1.56 bits per heavy atom. The van der Waals surface area contributed by atoms with Gasteiger partial charge < -0.3 is 29.4 Å². The van der Waals surface area contributed by atoms with E-state index in [2.05, 4.69) is 5.32 Å². The van der Waals surface area contributed by atoms with Crippen LogP contribution in [0.25, 0.3) is 0 Å². The second-order valence-electron chi connectivity index (χ2n) is 5.39. The van der Waals surface area contributed by atoms with Crippen molar-refractivity contribution in [2.75, 3.05) is 6.61 Å². The van der Waals surface area contributed by atoms with Gasteiger partial charge in [0.1, 0.15) is 18.8 Å². The zero-order valence-corrected chi connectivity index (χ0v) is 14.9. The average molecular weight is 382 g/mol. The van der Waals surface area contributed by atoms with Gasteiger partial charge in [0, 0.05) is 27.7 Å². The number of alkyl halides is 1. The molecule has 0 bridgehead atoms. The third-order valence-corrected chi connectivity index (χ3v) is 3.46. The third kappa shape index (κ3) is 6.15. The molecule has 1 fully saturated rings. The molecule has 0 aromatic rings. The lowest BCUT2D eigenvalue weighted by molar-refractivity contribution is -0.284. The largest absolute Gasteiger partial charge is 0.463 e. The lowest BCUT2D eigenvalue weighted by Gasteiger charge is -2.46. The summed E-state index contributed by atoms with van der Waals surface area (Å²) >= 11 is 5.92. The Hall–Kier alpha value is -1.91. The fourth-order valence-corrected chi connectivity index (χ4v) is 2.63. The molecule has 2 N–H and O–H groups in total. The van der Waals surface area contributed by atoms with Gasteiger partial charge >= 0.3 is 17.9 Å². The lowest BCUT2D eigenvalue weighted by atomic mass is 9.96. The zero-order valence-electron chi connectivity index (χ0n) is 14.1. The summed E-state index contributed by atoms with van der Waals surface area (Å²) in [7, 11) is 0. The molecule has 11 heteroatoms. The number of halogens is 1. The minimum atomic E-state index is -2.51. The predicted molar refractivity (Wildman–Crippen MR) is 81.0 cm³/mol. The van der Waals surface area contributed by atoms with Gasteiger partial charge in [-0.25, -0.2) is 0 Å². The maximum Gasteiger partial charge on any atom is 0.303 e. The molecule has 0 aromatic carbocycles. The minimum absolute atomic E-state index is 0.438. The molecular formula is C14H20ClNO9. The summed E-state index contributed by atoms with van der Waals surface area (Å²) in [6.07, 6.45) is -3.93. The maximum absolute atomic E-state index is 11.4. The molecule has 10 nitrogen and oxygen atoms in total. The number of ether oxygens (including phenoxy) is 4. The topological polar surface area (TPSA) is 137 Å². The van der Waals surface area contributed by atoms with E-state index in [1.807, 2.05) is 0 Å². The average Bonchev–Trinajstić information content (AvgIpc) is 2.42. The van der Waals surface area contributed by atoms with Gasteiger partial charge in [-0.1, -0.05) is 11.6 Å². The van der Waals surface area contributed by atoms with Crippen molar-refractivity contribution in [2.24, 2.45) is 0 Å². The van der Waals surface area contributed by atoms with Crippen LogP contribution in [0.3, 0.4) is 0 Å². The van der Waals surface area contributed by atoms with Gasteiger partial charge in [0.15, 0.2) is 12.2 Å². The Morgan fingerprint density at radius 3 is 2.00 bits per heavy atom. The standard InChI is InChI=1S/C14H20ClNO9/c1-6(17)16-13-12(24-9(4)20)11(23-8(3)19)10(5-22-7(2)18)25-14(13,15)21/h10-13,21H,5H2,1-4H3,(H,16,17)/t10-,11-,12+,13-,14-/m1/s1. The van der Waals surface area contributed by atoms with Crippen molar-refractivity contribution in [1.29, 1.82) is 0 Å². The molecule has 0 saturated carbocycles. The first-order valence-electron chi connectivity index (χ1n) is 7.28. The van der Waals surface area contributed by atoms with Crippen molar-refractivity contribution in [2.45, 2.75) is 57.3 Å². The van der Waals surface area contributed by atoms with Gasteiger partial charge in [-0.15, -0.1) is 0 Å². The van der Waals surface area contributed by atoms with E-state index in [1.165, 1.54) is 0 Å². The highest BCUT2D eigenvalue weighted by Gasteiger charge is 2.57. The van der Waals surface area contributed by atoms with Crippen molar-refractivity contribution in [1.82, 2.24) is 5.32 Å². The van der Waals surface area contributed by atoms with Crippen LogP contribution in [0.1, 0.15) is 27.7 Å². The molecule has 0 aliphatic carbocycles. The number of esters is 3. The summed E-state index contributed by atoms with van der Waals surface area (Å²) in [4.78, 5) is 45.3. The highest BCUT2D eigenvalue weighted by Crippen LogP contribution is 2.34. The highest BCUT2D eigenvalue weighted by atomic mass is 35.5. The minimum Gasteiger partial charge on any atom is -0.463 e. The molecule has 0 unspecified atom stereocenters. The van der Waals surface area contributed by atoms with E-state index < -0.39 is 60.0 Å². The third-order valence-electron chi connectivity index (χ3n) is 3.13. The molecule has 0 aromatic heterocycles. The fraction of sp³-hybridized carbons (Fsp3) is 0.714. The molecule has 0 spiro atoms. The van der Waals surface area contributed by atoms with Gasteiger partial charge in [-0.3, -0.25) is 19.2 Å². The Morgan fingerprint density at radius 1 is 1.04 bits per heavy atom. The van der Waals surface area contributed by atoms with E-state index in [1.54, 1.807) is 0 Å². The van der Waals surface area contributed by atoms with Crippen molar-refractivity contribution < 1.29 is 43.2 Å². The van der Waals surface area contributed by atoms with E-state index in [-0.39, 0.29) is 0 Å². The fourth-order valence-electron chi connectivity index (χ4n) is 2.34. The van der Waals surface area contributed by atoms with Gasteiger partial charge in [-0.2, -0.15) is 0 Å². The first kappa shape index (κ1) is 21.1. The smallest absolute Gasteiger partial charge is 0.303 e. The quantitative estimate of drug-likeness (QED) is 0.356. The van der Waals surface area contributed by atoms with Crippen molar-refractivity contribution in [3.8, 4) is 0 Å². The van der Waals surface area contributed by atoms with Crippen LogP contribution >= 0.6 is 11.6 Å². The number of hydrogen-bond donors (Lipinski definition) is 2. The molecule has 25 heavy (non-hydrogen) atoms. The first-order chi connectivity index (χ1) is 11.4. The van der Waals surface area contributed by atoms with Gasteiger partial charge in [0.05, 0.1) is 0 Å². The SMILES string of the molecule is CC(=O)N[C@@H]1[C@@H](OC(C)=O)[C@H](OC(C)=O)[C@@H](COC(C)=O)O[C@@]1(O)Cl. The van der Waals surface area contributed by atoms with E-state index in [0.717, 1.165) is 27.7 Å². The molecular weight excluding hydrogens is 362 g/mol. The van der Waals surface area contributed by atoms with Crippen LogP contribution in [-0.4, -0.2) is 65.1 Å². The van der Waals surface area contributed by atoms with Gasteiger partial charge in [0.2, 0.25) is 5.91 Å². The number of amides is 1. The van der Waals surface area contributed by atoms with Crippen LogP contribution in [0.5, 0.6) is 0 Å². The molecule has 1 saturated heterocycles. The molecule has 1 rings (SSSR count). The van der Waals surface area contributed by atoms with Crippen LogP contribution in [0.2, 0.25) is 0 Å². The number of hydrogen-bond acceptors (Lipinski definition) is 9. The molecule has 5 atom stereocenters. The lowest BCUT2D eigenvalue weighted by Crippen LogP contribution is -2.69. The monoisotopic (exact) mass is 381 g/mol. The predicted octanol–water partition coefficient (Wildman–Crippen LogP) is -0.799. The van der Waals surface area contributed by atoms with Crippen molar-refractivity contribution in [3.05, 3.63) is 0 Å². The molecule has 1 aliphatic rings. The number of carbonyl (C=O) groups excluding carboxylic acids is 4. The Bertz CT molecular complexity index is 550. The molecule has 142 valence electrons. The highest BCUT2D eigenvalue weighted by molar-refractivity contribution is 6.22. The number of nitrogens with one attached hydrogen (secondary N) is 1. The first-order valence-corrected chi connectivity index (χ1v) is 7.65. The Labute approximate surface area is 148 Å². The summed E-state index contributed by atoms with van der Waals surface area (Å²) in [5.41, 5.74) is 0. The van der Waals surface area contributed by atoms with Crippen LogP contribution in [-0.2, 0) is 38.1 Å². The van der Waals surface area contributed by atoms with E-state index in [4.69, 9.17) is 30.5 Å². The normalized spacial score (nSPS) is 31.6. The van der Waals surface area contributed by atoms with Gasteiger partial charge in [-0.05, 0) is 0 Å². The van der Waals surface area contributed by atoms with E-state index >= 15 is 0 Å². The maximum atomic E-state index is 11.4. The Balaban J connectivity index is 3.24. The van der Waals surface area contributed by atoms with E-state index in [0.29, 0.717) is 0 Å². The summed E-state index contributed by atoms with van der Waals surface area (Å²) in [5.74, 6) is -2.79. The summed E-state index contributed by atoms with van der Waals surface area (Å²) in [6.45, 7) is 4.03. The number of rotatable bonds is 5. The Kier molecular flexibility index (Phi) is 7.15. The number of aliphatic hydroxyl groups is 1. The summed E-state index contributed by atoms with van der Waals surface area (Å²) < 4.78 is 20.2. The van der Waals surface area contributed by atoms with Crippen LogP contribution in [0.4, 0.5) is 0 Å². The van der Waals surface area contributed by atoms with E-state index in [9.17, 15) is 24.3 Å². The zero-order chi connectivity index (χ0) is 19.4. The molecule has 1 aliphatic heterocycles.